The Morgan fingerprint density at radius 1 is 1.03 bits per heavy atom. The summed E-state index contributed by atoms with van der Waals surface area (Å²) in [7, 11) is 0. The van der Waals surface area contributed by atoms with E-state index in [9.17, 15) is 14.4 Å². The minimum Gasteiger partial charge on any atom is -0.342 e. The SMILES string of the molecule is C[C@H](c1ccccc1)[C@H](NC(=O)C(C)(C)N)C(=O)N1CCC2(CC1)CC(=O)c1ccccc12.Cl. The number of nitrogens with one attached hydrogen (secondary N) is 1. The average molecular weight is 484 g/mol. The van der Waals surface area contributed by atoms with E-state index in [0.29, 0.717) is 19.5 Å². The van der Waals surface area contributed by atoms with Gasteiger partial charge in [-0.25, -0.2) is 0 Å². The maximum Gasteiger partial charge on any atom is 0.245 e. The molecule has 2 amide bonds. The van der Waals surface area contributed by atoms with E-state index in [1.807, 2.05) is 60.4 Å². The molecule has 0 saturated carbocycles. The first-order chi connectivity index (χ1) is 15.6. The van der Waals surface area contributed by atoms with Gasteiger partial charge in [-0.3, -0.25) is 14.4 Å². The molecule has 2 aromatic carbocycles. The van der Waals surface area contributed by atoms with Gasteiger partial charge in [0.25, 0.3) is 0 Å². The molecule has 0 bridgehead atoms. The Kier molecular flexibility index (Phi) is 7.53. The maximum atomic E-state index is 13.7. The standard InChI is InChI=1S/C27H33N3O3.ClH/c1-18(19-9-5-4-6-10-19)23(29-25(33)26(2,3)28)24(32)30-15-13-27(14-16-30)17-22(31)20-11-7-8-12-21(20)27;/h4-12,18,23H,13-17,28H2,1-3H3,(H,29,33);1H/t18-,23+;/m1./s1. The molecule has 0 aromatic heterocycles. The molecule has 1 aliphatic heterocycles. The lowest BCUT2D eigenvalue weighted by Crippen LogP contribution is -2.59. The van der Waals surface area contributed by atoms with Crippen molar-refractivity contribution in [2.24, 2.45) is 5.73 Å². The molecular weight excluding hydrogens is 450 g/mol. The van der Waals surface area contributed by atoms with Crippen molar-refractivity contribution in [2.75, 3.05) is 13.1 Å². The predicted octanol–water partition coefficient (Wildman–Crippen LogP) is 3.58. The van der Waals surface area contributed by atoms with Crippen LogP contribution in [-0.2, 0) is 15.0 Å². The minimum absolute atomic E-state index is 0. The van der Waals surface area contributed by atoms with Crippen molar-refractivity contribution >= 4 is 30.0 Å². The third kappa shape index (κ3) is 4.89. The Morgan fingerprint density at radius 2 is 1.62 bits per heavy atom. The van der Waals surface area contributed by atoms with Crippen LogP contribution >= 0.6 is 12.4 Å². The van der Waals surface area contributed by atoms with Gasteiger partial charge in [0.1, 0.15) is 6.04 Å². The van der Waals surface area contributed by atoms with E-state index in [1.165, 1.54) is 0 Å². The number of amides is 2. The van der Waals surface area contributed by atoms with Crippen LogP contribution in [0.25, 0.3) is 0 Å². The van der Waals surface area contributed by atoms with Gasteiger partial charge >= 0.3 is 0 Å². The van der Waals surface area contributed by atoms with Crippen molar-refractivity contribution in [1.29, 1.82) is 0 Å². The molecule has 7 heteroatoms. The lowest BCUT2D eigenvalue weighted by Gasteiger charge is -2.41. The van der Waals surface area contributed by atoms with Gasteiger partial charge in [-0.2, -0.15) is 0 Å². The second kappa shape index (κ2) is 9.88. The van der Waals surface area contributed by atoms with Crippen molar-refractivity contribution in [2.45, 2.75) is 62.9 Å². The van der Waals surface area contributed by atoms with Gasteiger partial charge in [0.2, 0.25) is 11.8 Å². The molecule has 2 atom stereocenters. The lowest BCUT2D eigenvalue weighted by atomic mass is 9.73. The van der Waals surface area contributed by atoms with E-state index in [2.05, 4.69) is 11.4 Å². The van der Waals surface area contributed by atoms with E-state index in [0.717, 1.165) is 29.5 Å². The summed E-state index contributed by atoms with van der Waals surface area (Å²) in [6, 6.07) is 16.9. The van der Waals surface area contributed by atoms with Crippen LogP contribution in [0.15, 0.2) is 54.6 Å². The Morgan fingerprint density at radius 3 is 2.24 bits per heavy atom. The zero-order valence-electron chi connectivity index (χ0n) is 20.0. The third-order valence-electron chi connectivity index (χ3n) is 7.29. The first-order valence-electron chi connectivity index (χ1n) is 11.7. The van der Waals surface area contributed by atoms with Gasteiger partial charge in [0.15, 0.2) is 5.78 Å². The van der Waals surface area contributed by atoms with Gasteiger partial charge in [-0.05, 0) is 37.8 Å². The van der Waals surface area contributed by atoms with Gasteiger partial charge in [-0.15, -0.1) is 12.4 Å². The normalized spacial score (nSPS) is 18.6. The van der Waals surface area contributed by atoms with Crippen LogP contribution in [0.4, 0.5) is 0 Å². The molecule has 4 rings (SSSR count). The number of carbonyl (C=O) groups excluding carboxylic acids is 3. The van der Waals surface area contributed by atoms with Crippen molar-refractivity contribution < 1.29 is 14.4 Å². The van der Waals surface area contributed by atoms with Crippen molar-refractivity contribution in [3.8, 4) is 0 Å². The number of benzene rings is 2. The highest BCUT2D eigenvalue weighted by Gasteiger charge is 2.46. The second-order valence-corrected chi connectivity index (χ2v) is 10.1. The number of likely N-dealkylation sites (tertiary alicyclic amines) is 1. The molecule has 1 heterocycles. The predicted molar refractivity (Wildman–Crippen MR) is 135 cm³/mol. The van der Waals surface area contributed by atoms with E-state index in [4.69, 9.17) is 5.73 Å². The molecule has 1 saturated heterocycles. The van der Waals surface area contributed by atoms with Crippen LogP contribution in [0.1, 0.15) is 67.4 Å². The third-order valence-corrected chi connectivity index (χ3v) is 7.29. The molecule has 1 aliphatic carbocycles. The number of rotatable bonds is 5. The Hall–Kier alpha value is -2.70. The van der Waals surface area contributed by atoms with Crippen molar-refractivity contribution in [1.82, 2.24) is 10.2 Å². The first-order valence-corrected chi connectivity index (χ1v) is 11.7. The quantitative estimate of drug-likeness (QED) is 0.679. The molecular formula is C27H34ClN3O3. The Bertz CT molecular complexity index is 1060. The van der Waals surface area contributed by atoms with Crippen LogP contribution in [0.2, 0.25) is 0 Å². The summed E-state index contributed by atoms with van der Waals surface area (Å²) in [5, 5.41) is 2.93. The summed E-state index contributed by atoms with van der Waals surface area (Å²) in [4.78, 5) is 40.8. The smallest absolute Gasteiger partial charge is 0.245 e. The van der Waals surface area contributed by atoms with Gasteiger partial charge in [-0.1, -0.05) is 61.5 Å². The number of halogens is 1. The number of fused-ring (bicyclic) bond motifs is 2. The number of hydrogen-bond acceptors (Lipinski definition) is 4. The van der Waals surface area contributed by atoms with Crippen LogP contribution in [0.3, 0.4) is 0 Å². The molecule has 1 fully saturated rings. The largest absolute Gasteiger partial charge is 0.342 e. The van der Waals surface area contributed by atoms with E-state index in [-0.39, 0.29) is 41.3 Å². The highest BCUT2D eigenvalue weighted by Crippen LogP contribution is 2.46. The summed E-state index contributed by atoms with van der Waals surface area (Å²) in [6.45, 7) is 6.34. The fourth-order valence-electron chi connectivity index (χ4n) is 5.16. The summed E-state index contributed by atoms with van der Waals surface area (Å²) in [5.41, 5.74) is 7.66. The molecule has 0 unspecified atom stereocenters. The minimum atomic E-state index is -1.09. The van der Waals surface area contributed by atoms with Crippen LogP contribution in [0, 0.1) is 0 Å². The molecule has 2 aromatic rings. The number of hydrogen-bond donors (Lipinski definition) is 2. The number of ketones is 1. The number of nitrogens with two attached hydrogens (primary N) is 1. The molecule has 3 N–H and O–H groups in total. The zero-order valence-corrected chi connectivity index (χ0v) is 20.9. The molecule has 6 nitrogen and oxygen atoms in total. The fraction of sp³-hybridized carbons (Fsp3) is 0.444. The number of Topliss-reactive ketones (excluding diaryl/α,β-unsaturated/α-hetero) is 1. The zero-order chi connectivity index (χ0) is 23.8. The number of piperidine rings is 1. The van der Waals surface area contributed by atoms with Crippen LogP contribution in [0.5, 0.6) is 0 Å². The molecule has 34 heavy (non-hydrogen) atoms. The highest BCUT2D eigenvalue weighted by atomic mass is 35.5. The fourth-order valence-corrected chi connectivity index (χ4v) is 5.16. The van der Waals surface area contributed by atoms with E-state index < -0.39 is 11.6 Å². The summed E-state index contributed by atoms with van der Waals surface area (Å²) in [5.74, 6) is -0.475. The summed E-state index contributed by atoms with van der Waals surface area (Å²) >= 11 is 0. The van der Waals surface area contributed by atoms with Gasteiger partial charge < -0.3 is 16.0 Å². The highest BCUT2D eigenvalue weighted by molar-refractivity contribution is 6.02. The topological polar surface area (TPSA) is 92.5 Å². The van der Waals surface area contributed by atoms with Crippen molar-refractivity contribution in [3.05, 3.63) is 71.3 Å². The van der Waals surface area contributed by atoms with Gasteiger partial charge in [0, 0.05) is 36.4 Å². The molecule has 1 spiro atoms. The number of carbonyl (C=O) groups is 3. The monoisotopic (exact) mass is 483 g/mol. The molecule has 2 aliphatic rings. The summed E-state index contributed by atoms with van der Waals surface area (Å²) in [6.07, 6.45) is 1.99. The Balaban J connectivity index is 0.00000324. The van der Waals surface area contributed by atoms with Crippen LogP contribution in [-0.4, -0.2) is 47.2 Å². The molecule has 182 valence electrons. The average Bonchev–Trinajstić information content (AvgIpc) is 3.08. The Labute approximate surface area is 207 Å². The van der Waals surface area contributed by atoms with E-state index >= 15 is 0 Å². The first kappa shape index (κ1) is 25.9. The second-order valence-electron chi connectivity index (χ2n) is 10.1. The lowest BCUT2D eigenvalue weighted by molar-refractivity contribution is -0.139. The van der Waals surface area contributed by atoms with Gasteiger partial charge in [0.05, 0.1) is 5.54 Å². The molecule has 0 radical (unpaired) electrons. The van der Waals surface area contributed by atoms with E-state index in [1.54, 1.807) is 13.8 Å². The summed E-state index contributed by atoms with van der Waals surface area (Å²) < 4.78 is 0. The van der Waals surface area contributed by atoms with Crippen molar-refractivity contribution in [3.63, 3.8) is 0 Å². The van der Waals surface area contributed by atoms with Crippen LogP contribution < -0.4 is 11.1 Å². The number of nitrogens with zero attached hydrogens (tertiary/aromatic N) is 1. The maximum absolute atomic E-state index is 13.7.